The molecule has 0 fully saturated rings. The van der Waals surface area contributed by atoms with Crippen molar-refractivity contribution >= 4 is 33.4 Å². The van der Waals surface area contributed by atoms with E-state index in [-0.39, 0.29) is 17.0 Å². The summed E-state index contributed by atoms with van der Waals surface area (Å²) in [6, 6.07) is 13.5. The molecule has 1 amide bonds. The molecule has 2 aromatic carbocycles. The monoisotopic (exact) mass is 446 g/mol. The fraction of sp³-hybridized carbons (Fsp3) is 0.167. The molecule has 0 saturated carbocycles. The van der Waals surface area contributed by atoms with Crippen LogP contribution in [0.25, 0.3) is 21.8 Å². The standard InChI is InChI=1S/C24H22N4O5/c1-3-12-28-17-11-7-5-9-15(17)21(30)19(24(28)33)23(32)27-26-13(2)18-20(29)14-8-4-6-10-16(14)25-22(18)31/h4-11,30H,3,12H2,1-2H3,(H,27,32)(H2,25,29,31). The Morgan fingerprint density at radius 2 is 1.64 bits per heavy atom. The second-order valence-corrected chi connectivity index (χ2v) is 7.56. The molecular weight excluding hydrogens is 424 g/mol. The van der Waals surface area contributed by atoms with Gasteiger partial charge in [-0.05, 0) is 37.6 Å². The van der Waals surface area contributed by atoms with Gasteiger partial charge in [0.05, 0.1) is 16.7 Å². The number of aromatic nitrogens is 2. The number of hydrogen-bond donors (Lipinski definition) is 4. The van der Waals surface area contributed by atoms with Crippen LogP contribution in [0, 0.1) is 0 Å². The van der Waals surface area contributed by atoms with E-state index in [0.29, 0.717) is 34.8 Å². The summed E-state index contributed by atoms with van der Waals surface area (Å²) < 4.78 is 1.43. The van der Waals surface area contributed by atoms with Crippen LogP contribution >= 0.6 is 0 Å². The van der Waals surface area contributed by atoms with Crippen LogP contribution in [0.1, 0.15) is 36.2 Å². The van der Waals surface area contributed by atoms with E-state index in [1.54, 1.807) is 48.5 Å². The normalized spacial score (nSPS) is 11.8. The van der Waals surface area contributed by atoms with Crippen LogP contribution in [0.4, 0.5) is 0 Å². The summed E-state index contributed by atoms with van der Waals surface area (Å²) in [7, 11) is 0. The van der Waals surface area contributed by atoms with E-state index in [9.17, 15) is 24.6 Å². The van der Waals surface area contributed by atoms with Crippen molar-refractivity contribution in [3.05, 3.63) is 80.4 Å². The average Bonchev–Trinajstić information content (AvgIpc) is 2.80. The third kappa shape index (κ3) is 3.73. The predicted octanol–water partition coefficient (Wildman–Crippen LogP) is 2.82. The number of aryl methyl sites for hydroxylation is 1. The summed E-state index contributed by atoms with van der Waals surface area (Å²) in [5.74, 6) is -1.65. The molecular formula is C24H22N4O5. The molecule has 0 radical (unpaired) electrons. The molecule has 168 valence electrons. The molecule has 9 heteroatoms. The van der Waals surface area contributed by atoms with Crippen LogP contribution in [0.2, 0.25) is 0 Å². The van der Waals surface area contributed by atoms with Gasteiger partial charge in [0.25, 0.3) is 17.0 Å². The molecule has 9 nitrogen and oxygen atoms in total. The first-order valence-electron chi connectivity index (χ1n) is 10.4. The lowest BCUT2D eigenvalue weighted by atomic mass is 10.1. The highest BCUT2D eigenvalue weighted by molar-refractivity contribution is 6.07. The number of nitrogens with one attached hydrogen (secondary N) is 2. The Hall–Kier alpha value is -4.40. The number of fused-ring (bicyclic) bond motifs is 2. The molecule has 33 heavy (non-hydrogen) atoms. The second kappa shape index (κ2) is 8.62. The van der Waals surface area contributed by atoms with Crippen molar-refractivity contribution < 1.29 is 15.0 Å². The topological polar surface area (TPSA) is 137 Å². The third-order valence-electron chi connectivity index (χ3n) is 5.40. The molecule has 2 aromatic heterocycles. The van der Waals surface area contributed by atoms with E-state index in [1.165, 1.54) is 11.5 Å². The number of aromatic hydroxyl groups is 2. The van der Waals surface area contributed by atoms with Crippen LogP contribution in [-0.2, 0) is 6.54 Å². The summed E-state index contributed by atoms with van der Waals surface area (Å²) in [6.07, 6.45) is 0.650. The molecule has 0 unspecified atom stereocenters. The van der Waals surface area contributed by atoms with Gasteiger partial charge in [0.2, 0.25) is 0 Å². The Bertz CT molecular complexity index is 1550. The molecule has 0 aliphatic rings. The van der Waals surface area contributed by atoms with Gasteiger partial charge in [0.1, 0.15) is 22.6 Å². The van der Waals surface area contributed by atoms with Crippen molar-refractivity contribution in [2.24, 2.45) is 5.10 Å². The second-order valence-electron chi connectivity index (χ2n) is 7.56. The smallest absolute Gasteiger partial charge is 0.280 e. The Morgan fingerprint density at radius 1 is 1.00 bits per heavy atom. The minimum Gasteiger partial charge on any atom is -0.506 e. The molecule has 4 aromatic rings. The maximum atomic E-state index is 13.0. The fourth-order valence-corrected chi connectivity index (χ4v) is 3.85. The first kappa shape index (κ1) is 21.8. The number of H-pyrrole nitrogens is 1. The third-order valence-corrected chi connectivity index (χ3v) is 5.40. The summed E-state index contributed by atoms with van der Waals surface area (Å²) in [5.41, 5.74) is 1.44. The number of hydrogen-bond acceptors (Lipinski definition) is 6. The van der Waals surface area contributed by atoms with E-state index in [1.807, 2.05) is 6.92 Å². The summed E-state index contributed by atoms with van der Waals surface area (Å²) in [6.45, 7) is 3.70. The van der Waals surface area contributed by atoms with Crippen molar-refractivity contribution in [1.82, 2.24) is 15.0 Å². The SMILES string of the molecule is CCCn1c(=O)c(C(=O)NN=C(C)c2c(O)c3ccccc3[nH]c2=O)c(O)c2ccccc21. The first-order valence-corrected chi connectivity index (χ1v) is 10.4. The largest absolute Gasteiger partial charge is 0.506 e. The van der Waals surface area contributed by atoms with Gasteiger partial charge < -0.3 is 19.8 Å². The molecule has 4 N–H and O–H groups in total. The molecule has 0 bridgehead atoms. The number of aromatic amines is 1. The first-order chi connectivity index (χ1) is 15.8. The van der Waals surface area contributed by atoms with Crippen molar-refractivity contribution in [3.63, 3.8) is 0 Å². The van der Waals surface area contributed by atoms with Crippen LogP contribution < -0.4 is 16.5 Å². The lowest BCUT2D eigenvalue weighted by Crippen LogP contribution is -2.32. The van der Waals surface area contributed by atoms with Gasteiger partial charge in [0.15, 0.2) is 0 Å². The van der Waals surface area contributed by atoms with Crippen molar-refractivity contribution in [3.8, 4) is 11.5 Å². The lowest BCUT2D eigenvalue weighted by Gasteiger charge is -2.13. The molecule has 0 saturated heterocycles. The zero-order valence-corrected chi connectivity index (χ0v) is 18.0. The number of para-hydroxylation sites is 2. The van der Waals surface area contributed by atoms with Crippen molar-refractivity contribution in [2.45, 2.75) is 26.8 Å². The van der Waals surface area contributed by atoms with E-state index in [4.69, 9.17) is 0 Å². The highest BCUT2D eigenvalue weighted by Crippen LogP contribution is 2.27. The number of pyridine rings is 2. The quantitative estimate of drug-likeness (QED) is 0.276. The number of amides is 1. The van der Waals surface area contributed by atoms with Crippen LogP contribution in [0.15, 0.2) is 63.2 Å². The Kier molecular flexibility index (Phi) is 5.70. The number of benzene rings is 2. The molecule has 2 heterocycles. The number of carbonyl (C=O) groups is 1. The highest BCUT2D eigenvalue weighted by atomic mass is 16.3. The summed E-state index contributed by atoms with van der Waals surface area (Å²) in [4.78, 5) is 41.0. The van der Waals surface area contributed by atoms with Gasteiger partial charge in [-0.3, -0.25) is 14.4 Å². The van der Waals surface area contributed by atoms with E-state index in [2.05, 4.69) is 15.5 Å². The van der Waals surface area contributed by atoms with Crippen molar-refractivity contribution in [1.29, 1.82) is 0 Å². The van der Waals surface area contributed by atoms with E-state index in [0.717, 1.165) is 0 Å². The van der Waals surface area contributed by atoms with Gasteiger partial charge in [-0.2, -0.15) is 5.10 Å². The Morgan fingerprint density at radius 3 is 2.36 bits per heavy atom. The van der Waals surface area contributed by atoms with Crippen LogP contribution in [-0.4, -0.2) is 31.4 Å². The van der Waals surface area contributed by atoms with Crippen LogP contribution in [0.5, 0.6) is 11.5 Å². The number of carbonyl (C=O) groups excluding carboxylic acids is 1. The molecule has 0 aliphatic heterocycles. The minimum absolute atomic E-state index is 0.0296. The molecule has 0 spiro atoms. The molecule has 4 rings (SSSR count). The minimum atomic E-state index is -0.927. The maximum absolute atomic E-state index is 13.0. The van der Waals surface area contributed by atoms with Crippen LogP contribution in [0.3, 0.4) is 0 Å². The zero-order chi connectivity index (χ0) is 23.7. The molecule has 0 atom stereocenters. The van der Waals surface area contributed by atoms with Gasteiger partial charge in [-0.15, -0.1) is 0 Å². The van der Waals surface area contributed by atoms with E-state index >= 15 is 0 Å². The number of hydrazone groups is 1. The maximum Gasteiger partial charge on any atom is 0.280 e. The van der Waals surface area contributed by atoms with Crippen molar-refractivity contribution in [2.75, 3.05) is 0 Å². The summed E-state index contributed by atoms with van der Waals surface area (Å²) in [5, 5.41) is 25.9. The van der Waals surface area contributed by atoms with Gasteiger partial charge in [0, 0.05) is 17.3 Å². The predicted molar refractivity (Wildman–Crippen MR) is 126 cm³/mol. The fourth-order valence-electron chi connectivity index (χ4n) is 3.85. The van der Waals surface area contributed by atoms with Gasteiger partial charge in [-0.25, -0.2) is 5.43 Å². The number of rotatable bonds is 5. The Balaban J connectivity index is 1.76. The lowest BCUT2D eigenvalue weighted by molar-refractivity contribution is 0.0950. The van der Waals surface area contributed by atoms with E-state index < -0.39 is 28.3 Å². The molecule has 0 aliphatic carbocycles. The highest BCUT2D eigenvalue weighted by Gasteiger charge is 2.22. The zero-order valence-electron chi connectivity index (χ0n) is 18.0. The number of nitrogens with zero attached hydrogens (tertiary/aromatic N) is 2. The van der Waals surface area contributed by atoms with Gasteiger partial charge >= 0.3 is 0 Å². The van der Waals surface area contributed by atoms with Gasteiger partial charge in [-0.1, -0.05) is 31.2 Å². The Labute approximate surface area is 187 Å². The summed E-state index contributed by atoms with van der Waals surface area (Å²) >= 11 is 0. The average molecular weight is 446 g/mol.